The van der Waals surface area contributed by atoms with Crippen LogP contribution >= 0.6 is 11.6 Å². The molecule has 0 aliphatic heterocycles. The second kappa shape index (κ2) is 10.5. The van der Waals surface area contributed by atoms with Crippen LogP contribution < -0.4 is 20.2 Å². The first-order valence-electron chi connectivity index (χ1n) is 9.68. The van der Waals surface area contributed by atoms with Gasteiger partial charge in [0.15, 0.2) is 11.5 Å². The Morgan fingerprint density at radius 2 is 1.90 bits per heavy atom. The summed E-state index contributed by atoms with van der Waals surface area (Å²) in [6.07, 6.45) is 1.48. The fourth-order valence-electron chi connectivity index (χ4n) is 2.94. The van der Waals surface area contributed by atoms with Crippen molar-refractivity contribution < 1.29 is 14.3 Å². The van der Waals surface area contributed by atoms with E-state index in [9.17, 15) is 4.79 Å². The van der Waals surface area contributed by atoms with Gasteiger partial charge in [0.25, 0.3) is 0 Å². The van der Waals surface area contributed by atoms with Crippen LogP contribution in [0.2, 0.25) is 5.02 Å². The molecule has 3 aromatic carbocycles. The van der Waals surface area contributed by atoms with E-state index in [0.717, 1.165) is 22.4 Å². The van der Waals surface area contributed by atoms with Gasteiger partial charge in [-0.3, -0.25) is 0 Å². The minimum Gasteiger partial charge on any atom is -0.493 e. The lowest BCUT2D eigenvalue weighted by atomic mass is 10.1. The number of halogens is 1. The number of nitrogens with zero attached hydrogens (tertiary/aromatic N) is 1. The molecule has 6 nitrogen and oxygen atoms in total. The highest BCUT2D eigenvalue weighted by molar-refractivity contribution is 6.32. The average molecular weight is 438 g/mol. The van der Waals surface area contributed by atoms with Crippen LogP contribution in [-0.2, 0) is 6.61 Å². The first-order valence-corrected chi connectivity index (χ1v) is 10.1. The monoisotopic (exact) mass is 437 g/mol. The molecule has 7 heteroatoms. The second-order valence-corrected chi connectivity index (χ2v) is 7.36. The van der Waals surface area contributed by atoms with Crippen molar-refractivity contribution >= 4 is 29.5 Å². The molecule has 3 rings (SSSR count). The molecule has 0 bridgehead atoms. The molecule has 0 radical (unpaired) electrons. The van der Waals surface area contributed by atoms with Crippen molar-refractivity contribution in [3.63, 3.8) is 0 Å². The predicted molar refractivity (Wildman–Crippen MR) is 124 cm³/mol. The third-order valence-electron chi connectivity index (χ3n) is 4.49. The van der Waals surface area contributed by atoms with Gasteiger partial charge in [-0.05, 0) is 48.7 Å². The lowest BCUT2D eigenvalue weighted by molar-refractivity contribution is 0.252. The Balaban J connectivity index is 1.64. The maximum atomic E-state index is 12.0. The van der Waals surface area contributed by atoms with Crippen LogP contribution in [0.15, 0.2) is 65.8 Å². The summed E-state index contributed by atoms with van der Waals surface area (Å²) in [4.78, 5) is 12.0. The lowest BCUT2D eigenvalue weighted by Gasteiger charge is -2.13. The van der Waals surface area contributed by atoms with E-state index in [1.165, 1.54) is 6.21 Å². The van der Waals surface area contributed by atoms with Gasteiger partial charge in [-0.1, -0.05) is 59.6 Å². The van der Waals surface area contributed by atoms with Gasteiger partial charge in [0, 0.05) is 5.69 Å². The number of benzene rings is 3. The molecule has 31 heavy (non-hydrogen) atoms. The fraction of sp³-hybridized carbons (Fsp3) is 0.167. The molecule has 0 aliphatic rings. The molecule has 2 N–H and O–H groups in total. The van der Waals surface area contributed by atoms with Crippen molar-refractivity contribution in [2.75, 3.05) is 12.4 Å². The molecule has 0 aromatic heterocycles. The van der Waals surface area contributed by atoms with E-state index in [0.29, 0.717) is 28.7 Å². The normalized spacial score (nSPS) is 10.7. The molecule has 0 spiro atoms. The first kappa shape index (κ1) is 22.2. The van der Waals surface area contributed by atoms with Crippen LogP contribution in [0.3, 0.4) is 0 Å². The molecular formula is C24H24ClN3O3. The van der Waals surface area contributed by atoms with Gasteiger partial charge >= 0.3 is 6.03 Å². The number of rotatable bonds is 7. The van der Waals surface area contributed by atoms with Crippen molar-refractivity contribution in [3.8, 4) is 11.5 Å². The number of carbonyl (C=O) groups excluding carboxylic acids is 1. The van der Waals surface area contributed by atoms with Gasteiger partial charge in [0.05, 0.1) is 18.3 Å². The van der Waals surface area contributed by atoms with Crippen LogP contribution in [0.5, 0.6) is 11.5 Å². The molecule has 0 aliphatic carbocycles. The van der Waals surface area contributed by atoms with E-state index in [1.54, 1.807) is 19.2 Å². The Morgan fingerprint density at radius 1 is 1.10 bits per heavy atom. The van der Waals surface area contributed by atoms with E-state index in [4.69, 9.17) is 21.1 Å². The van der Waals surface area contributed by atoms with Gasteiger partial charge in [-0.15, -0.1) is 0 Å². The van der Waals surface area contributed by atoms with Crippen LogP contribution in [-0.4, -0.2) is 19.4 Å². The number of anilines is 1. The predicted octanol–water partition coefficient (Wildman–Crippen LogP) is 5.70. The molecule has 3 aromatic rings. The summed E-state index contributed by atoms with van der Waals surface area (Å²) < 4.78 is 11.3. The van der Waals surface area contributed by atoms with E-state index >= 15 is 0 Å². The highest BCUT2D eigenvalue weighted by Gasteiger charge is 2.12. The molecular weight excluding hydrogens is 414 g/mol. The molecule has 0 heterocycles. The largest absolute Gasteiger partial charge is 0.493 e. The number of carbonyl (C=O) groups is 1. The number of urea groups is 1. The molecule has 0 atom stereocenters. The SMILES string of the molecule is COc1cc(C=NNC(=O)Nc2ccccc2C)cc(Cl)c1OCc1cccc(C)c1. The zero-order valence-electron chi connectivity index (χ0n) is 17.6. The molecule has 2 amide bonds. The van der Waals surface area contributed by atoms with Gasteiger partial charge in [0.2, 0.25) is 0 Å². The Morgan fingerprint density at radius 3 is 2.65 bits per heavy atom. The zero-order valence-corrected chi connectivity index (χ0v) is 18.4. The number of hydrogen-bond donors (Lipinski definition) is 2. The van der Waals surface area contributed by atoms with Crippen LogP contribution in [0, 0.1) is 13.8 Å². The van der Waals surface area contributed by atoms with Gasteiger partial charge in [-0.25, -0.2) is 10.2 Å². The standard InChI is InChI=1S/C24H24ClN3O3/c1-16-7-6-9-18(11-16)15-31-23-20(25)12-19(13-22(23)30-3)14-26-28-24(29)27-21-10-5-4-8-17(21)2/h4-14H,15H2,1-3H3,(H2,27,28,29). The number of amides is 2. The smallest absolute Gasteiger partial charge is 0.339 e. The summed E-state index contributed by atoms with van der Waals surface area (Å²) >= 11 is 6.41. The fourth-order valence-corrected chi connectivity index (χ4v) is 3.21. The maximum Gasteiger partial charge on any atom is 0.339 e. The number of aryl methyl sites for hydroxylation is 2. The third-order valence-corrected chi connectivity index (χ3v) is 4.77. The van der Waals surface area contributed by atoms with Crippen molar-refractivity contribution in [2.45, 2.75) is 20.5 Å². The van der Waals surface area contributed by atoms with Gasteiger partial charge < -0.3 is 14.8 Å². The number of hydrazone groups is 1. The van der Waals surface area contributed by atoms with Crippen LogP contribution in [0.25, 0.3) is 0 Å². The molecule has 0 fully saturated rings. The molecule has 0 saturated carbocycles. The van der Waals surface area contributed by atoms with Crippen LogP contribution in [0.1, 0.15) is 22.3 Å². The van der Waals surface area contributed by atoms with Crippen molar-refractivity contribution in [1.29, 1.82) is 0 Å². The Hall–Kier alpha value is -3.51. The number of methoxy groups -OCH3 is 1. The summed E-state index contributed by atoms with van der Waals surface area (Å²) in [5, 5.41) is 7.10. The summed E-state index contributed by atoms with van der Waals surface area (Å²) in [6.45, 7) is 4.31. The number of nitrogens with one attached hydrogen (secondary N) is 2. The number of hydrogen-bond acceptors (Lipinski definition) is 4. The van der Waals surface area contributed by atoms with Crippen molar-refractivity contribution in [3.05, 3.63) is 87.9 Å². The number of para-hydroxylation sites is 1. The van der Waals surface area contributed by atoms with E-state index < -0.39 is 6.03 Å². The Labute approximate surface area is 186 Å². The minimum absolute atomic E-state index is 0.367. The van der Waals surface area contributed by atoms with E-state index in [2.05, 4.69) is 21.9 Å². The summed E-state index contributed by atoms with van der Waals surface area (Å²) in [7, 11) is 1.54. The molecule has 0 unspecified atom stereocenters. The van der Waals surface area contributed by atoms with Crippen LogP contribution in [0.4, 0.5) is 10.5 Å². The van der Waals surface area contributed by atoms with E-state index in [-0.39, 0.29) is 0 Å². The minimum atomic E-state index is -0.443. The van der Waals surface area contributed by atoms with Crippen molar-refractivity contribution in [1.82, 2.24) is 5.43 Å². The lowest BCUT2D eigenvalue weighted by Crippen LogP contribution is -2.24. The molecule has 0 saturated heterocycles. The van der Waals surface area contributed by atoms with Gasteiger partial charge in [0.1, 0.15) is 6.61 Å². The quantitative estimate of drug-likeness (QED) is 0.368. The summed E-state index contributed by atoms with van der Waals surface area (Å²) in [6, 6.07) is 18.5. The highest BCUT2D eigenvalue weighted by Crippen LogP contribution is 2.36. The highest BCUT2D eigenvalue weighted by atomic mass is 35.5. The summed E-state index contributed by atoms with van der Waals surface area (Å²) in [5.74, 6) is 0.930. The Kier molecular flexibility index (Phi) is 7.51. The topological polar surface area (TPSA) is 72.0 Å². The van der Waals surface area contributed by atoms with Crippen molar-refractivity contribution in [2.24, 2.45) is 5.10 Å². The number of ether oxygens (including phenoxy) is 2. The Bertz CT molecular complexity index is 1100. The molecule has 160 valence electrons. The zero-order chi connectivity index (χ0) is 22.2. The first-order chi connectivity index (χ1) is 15.0. The van der Waals surface area contributed by atoms with E-state index in [1.807, 2.05) is 56.3 Å². The maximum absolute atomic E-state index is 12.0. The third kappa shape index (κ3) is 6.23. The van der Waals surface area contributed by atoms with Gasteiger partial charge in [-0.2, -0.15) is 5.10 Å². The second-order valence-electron chi connectivity index (χ2n) is 6.95. The summed E-state index contributed by atoms with van der Waals surface area (Å²) in [5.41, 5.74) is 6.96. The average Bonchev–Trinajstić information content (AvgIpc) is 2.74.